The van der Waals surface area contributed by atoms with Gasteiger partial charge in [-0.05, 0) is 36.4 Å². The van der Waals surface area contributed by atoms with Gasteiger partial charge in [-0.1, -0.05) is 60.7 Å². The molecule has 0 spiro atoms. The van der Waals surface area contributed by atoms with Crippen molar-refractivity contribution in [3.05, 3.63) is 71.8 Å². The number of rotatable bonds is 7. The number of benzene rings is 2. The molecule has 1 fully saturated rings. The molecule has 1 heterocycles. The van der Waals surface area contributed by atoms with Crippen LogP contribution < -0.4 is 0 Å². The molecule has 0 aliphatic carbocycles. The third kappa shape index (κ3) is 4.69. The van der Waals surface area contributed by atoms with E-state index in [1.54, 1.807) is 0 Å². The molecule has 0 aromatic heterocycles. The Labute approximate surface area is 133 Å². The van der Waals surface area contributed by atoms with Crippen molar-refractivity contribution < 1.29 is 4.74 Å². The molecule has 2 heteroatoms. The first-order valence-electron chi connectivity index (χ1n) is 8.28. The molecule has 22 heavy (non-hydrogen) atoms. The van der Waals surface area contributed by atoms with Gasteiger partial charge in [0.15, 0.2) is 0 Å². The number of nitrogens with zero attached hydrogens (tertiary/aromatic N) is 1. The van der Waals surface area contributed by atoms with Crippen LogP contribution in [0, 0.1) is 5.92 Å². The van der Waals surface area contributed by atoms with Crippen molar-refractivity contribution in [3.63, 3.8) is 0 Å². The lowest BCUT2D eigenvalue weighted by Gasteiger charge is -2.16. The second kappa shape index (κ2) is 8.11. The van der Waals surface area contributed by atoms with Gasteiger partial charge in [-0.25, -0.2) is 0 Å². The molecule has 0 bridgehead atoms. The molecule has 1 unspecified atom stereocenters. The summed E-state index contributed by atoms with van der Waals surface area (Å²) in [5.74, 6) is 0.791. The Kier molecular flexibility index (Phi) is 5.63. The van der Waals surface area contributed by atoms with Gasteiger partial charge in [-0.3, -0.25) is 4.90 Å². The topological polar surface area (TPSA) is 12.5 Å². The fourth-order valence-electron chi connectivity index (χ4n) is 3.15. The van der Waals surface area contributed by atoms with Gasteiger partial charge in [0.1, 0.15) is 0 Å². The maximum absolute atomic E-state index is 5.82. The van der Waals surface area contributed by atoms with Crippen molar-refractivity contribution in [2.45, 2.75) is 26.0 Å². The molecule has 2 aromatic rings. The van der Waals surface area contributed by atoms with E-state index in [0.717, 1.165) is 25.7 Å². The maximum atomic E-state index is 5.82. The molecule has 0 N–H and O–H groups in total. The molecule has 0 radical (unpaired) electrons. The van der Waals surface area contributed by atoms with Crippen LogP contribution in [0.3, 0.4) is 0 Å². The fraction of sp³-hybridized carbons (Fsp3) is 0.400. The Hall–Kier alpha value is -1.64. The summed E-state index contributed by atoms with van der Waals surface area (Å²) < 4.78 is 5.82. The van der Waals surface area contributed by atoms with E-state index in [9.17, 15) is 0 Å². The first-order valence-corrected chi connectivity index (χ1v) is 8.28. The van der Waals surface area contributed by atoms with Gasteiger partial charge < -0.3 is 4.74 Å². The Balaban J connectivity index is 1.33. The molecule has 0 amide bonds. The molecule has 1 saturated heterocycles. The lowest BCUT2D eigenvalue weighted by molar-refractivity contribution is 0.107. The van der Waals surface area contributed by atoms with E-state index in [0.29, 0.717) is 0 Å². The summed E-state index contributed by atoms with van der Waals surface area (Å²) in [5.41, 5.74) is 2.68. The number of likely N-dealkylation sites (tertiary alicyclic amines) is 1. The fourth-order valence-corrected chi connectivity index (χ4v) is 3.15. The zero-order valence-corrected chi connectivity index (χ0v) is 13.2. The normalized spacial score (nSPS) is 18.6. The van der Waals surface area contributed by atoms with E-state index >= 15 is 0 Å². The minimum Gasteiger partial charge on any atom is -0.377 e. The zero-order chi connectivity index (χ0) is 15.0. The van der Waals surface area contributed by atoms with Gasteiger partial charge in [0, 0.05) is 19.7 Å². The second-order valence-corrected chi connectivity index (χ2v) is 6.20. The maximum Gasteiger partial charge on any atom is 0.0716 e. The van der Waals surface area contributed by atoms with Crippen LogP contribution in [0.25, 0.3) is 0 Å². The second-order valence-electron chi connectivity index (χ2n) is 6.20. The molecule has 1 atom stereocenters. The first kappa shape index (κ1) is 15.3. The van der Waals surface area contributed by atoms with Gasteiger partial charge in [0.25, 0.3) is 0 Å². The van der Waals surface area contributed by atoms with Crippen molar-refractivity contribution in [3.8, 4) is 0 Å². The van der Waals surface area contributed by atoms with E-state index in [1.807, 2.05) is 6.07 Å². The standard InChI is InChI=1S/C20H25NO/c1-3-7-18(8-4-1)15-21-13-11-19(16-21)12-14-22-17-20-9-5-2-6-10-20/h1-10,19H,11-17H2. The van der Waals surface area contributed by atoms with Crippen molar-refractivity contribution in [1.29, 1.82) is 0 Å². The van der Waals surface area contributed by atoms with E-state index in [1.165, 1.54) is 37.1 Å². The predicted octanol–water partition coefficient (Wildman–Crippen LogP) is 4.12. The molecule has 116 valence electrons. The van der Waals surface area contributed by atoms with E-state index in [2.05, 4.69) is 59.5 Å². The molecule has 0 saturated carbocycles. The summed E-state index contributed by atoms with van der Waals surface area (Å²) in [7, 11) is 0. The van der Waals surface area contributed by atoms with Crippen molar-refractivity contribution in [2.24, 2.45) is 5.92 Å². The Morgan fingerprint density at radius 3 is 2.32 bits per heavy atom. The molecule has 3 rings (SSSR count). The zero-order valence-electron chi connectivity index (χ0n) is 13.2. The highest BCUT2D eigenvalue weighted by Crippen LogP contribution is 2.21. The Bertz CT molecular complexity index is 540. The largest absolute Gasteiger partial charge is 0.377 e. The van der Waals surface area contributed by atoms with Crippen molar-refractivity contribution >= 4 is 0 Å². The van der Waals surface area contributed by atoms with Gasteiger partial charge in [0.2, 0.25) is 0 Å². The van der Waals surface area contributed by atoms with E-state index < -0.39 is 0 Å². The van der Waals surface area contributed by atoms with Gasteiger partial charge >= 0.3 is 0 Å². The minimum atomic E-state index is 0.737. The van der Waals surface area contributed by atoms with Crippen LogP contribution in [-0.2, 0) is 17.9 Å². The van der Waals surface area contributed by atoms with Gasteiger partial charge in [0.05, 0.1) is 6.61 Å². The number of hydrogen-bond acceptors (Lipinski definition) is 2. The quantitative estimate of drug-likeness (QED) is 0.713. The van der Waals surface area contributed by atoms with E-state index in [4.69, 9.17) is 4.74 Å². The number of ether oxygens (including phenoxy) is 1. The van der Waals surface area contributed by atoms with E-state index in [-0.39, 0.29) is 0 Å². The van der Waals surface area contributed by atoms with Crippen LogP contribution >= 0.6 is 0 Å². The molecule has 2 nitrogen and oxygen atoms in total. The summed E-state index contributed by atoms with van der Waals surface area (Å²) in [6.07, 6.45) is 2.49. The summed E-state index contributed by atoms with van der Waals surface area (Å²) >= 11 is 0. The average molecular weight is 295 g/mol. The van der Waals surface area contributed by atoms with Gasteiger partial charge in [-0.2, -0.15) is 0 Å². The molecule has 1 aliphatic rings. The van der Waals surface area contributed by atoms with Crippen LogP contribution in [-0.4, -0.2) is 24.6 Å². The van der Waals surface area contributed by atoms with Crippen LogP contribution in [0.15, 0.2) is 60.7 Å². The summed E-state index contributed by atoms with van der Waals surface area (Å²) in [6.45, 7) is 5.13. The first-order chi connectivity index (χ1) is 10.9. The Morgan fingerprint density at radius 1 is 0.909 bits per heavy atom. The SMILES string of the molecule is c1ccc(COCCC2CCN(Cc3ccccc3)C2)cc1. The Morgan fingerprint density at radius 2 is 1.59 bits per heavy atom. The lowest BCUT2D eigenvalue weighted by atomic mass is 10.1. The third-order valence-electron chi connectivity index (χ3n) is 4.40. The van der Waals surface area contributed by atoms with Crippen LogP contribution in [0.5, 0.6) is 0 Å². The molecule has 2 aromatic carbocycles. The molecule has 1 aliphatic heterocycles. The predicted molar refractivity (Wildman–Crippen MR) is 90.5 cm³/mol. The monoisotopic (exact) mass is 295 g/mol. The summed E-state index contributed by atoms with van der Waals surface area (Å²) in [4.78, 5) is 2.57. The summed E-state index contributed by atoms with van der Waals surface area (Å²) in [5, 5.41) is 0. The van der Waals surface area contributed by atoms with Gasteiger partial charge in [-0.15, -0.1) is 0 Å². The van der Waals surface area contributed by atoms with Crippen molar-refractivity contribution in [2.75, 3.05) is 19.7 Å². The molecular formula is C20H25NO. The highest BCUT2D eigenvalue weighted by atomic mass is 16.5. The highest BCUT2D eigenvalue weighted by Gasteiger charge is 2.21. The van der Waals surface area contributed by atoms with Crippen molar-refractivity contribution in [1.82, 2.24) is 4.90 Å². The summed E-state index contributed by atoms with van der Waals surface area (Å²) in [6, 6.07) is 21.2. The molecular weight excluding hydrogens is 270 g/mol. The highest BCUT2D eigenvalue weighted by molar-refractivity contribution is 5.15. The third-order valence-corrected chi connectivity index (χ3v) is 4.40. The van der Waals surface area contributed by atoms with Crippen LogP contribution in [0.4, 0.5) is 0 Å². The minimum absolute atomic E-state index is 0.737. The number of hydrogen-bond donors (Lipinski definition) is 0. The van der Waals surface area contributed by atoms with Crippen LogP contribution in [0.2, 0.25) is 0 Å². The van der Waals surface area contributed by atoms with Crippen LogP contribution in [0.1, 0.15) is 24.0 Å². The average Bonchev–Trinajstić information content (AvgIpc) is 3.01. The lowest BCUT2D eigenvalue weighted by Crippen LogP contribution is -2.20. The smallest absolute Gasteiger partial charge is 0.0716 e.